The van der Waals surface area contributed by atoms with Gasteiger partial charge in [-0.15, -0.1) is 0 Å². The van der Waals surface area contributed by atoms with Gasteiger partial charge in [-0.2, -0.15) is 0 Å². The largest absolute Gasteiger partial charge is 0.467 e. The highest BCUT2D eigenvalue weighted by molar-refractivity contribution is 5.14. The van der Waals surface area contributed by atoms with Crippen molar-refractivity contribution in [3.63, 3.8) is 0 Å². The molecule has 17 heavy (non-hydrogen) atoms. The molecule has 1 aliphatic heterocycles. The number of nitrogens with zero attached hydrogens (tertiary/aromatic N) is 2. The minimum atomic E-state index is 0.251. The van der Waals surface area contributed by atoms with Crippen LogP contribution in [0.4, 0.5) is 0 Å². The Morgan fingerprint density at radius 2 is 2.24 bits per heavy atom. The molecule has 1 fully saturated rings. The van der Waals surface area contributed by atoms with Crippen LogP contribution in [0.2, 0.25) is 0 Å². The molecule has 2 heterocycles. The maximum absolute atomic E-state index is 5.53. The molecule has 2 rings (SSSR count). The van der Waals surface area contributed by atoms with Crippen LogP contribution in [0.1, 0.15) is 24.4 Å². The zero-order chi connectivity index (χ0) is 12.1. The summed E-state index contributed by atoms with van der Waals surface area (Å²) in [6.07, 6.45) is 5.95. The van der Waals surface area contributed by atoms with Crippen molar-refractivity contribution in [1.29, 1.82) is 0 Å². The Morgan fingerprint density at radius 3 is 2.76 bits per heavy atom. The van der Waals surface area contributed by atoms with Crippen molar-refractivity contribution in [2.75, 3.05) is 27.4 Å². The summed E-state index contributed by atoms with van der Waals surface area (Å²) in [6.45, 7) is 1.68. The number of rotatable bonds is 4. The van der Waals surface area contributed by atoms with Gasteiger partial charge in [0, 0.05) is 36.5 Å². The van der Waals surface area contributed by atoms with Crippen LogP contribution >= 0.6 is 0 Å². The molecule has 0 aliphatic carbocycles. The van der Waals surface area contributed by atoms with Crippen LogP contribution in [-0.2, 0) is 4.74 Å². The molecule has 1 aromatic rings. The van der Waals surface area contributed by atoms with Gasteiger partial charge in [0.1, 0.15) is 0 Å². The average Bonchev–Trinajstić information content (AvgIpc) is 2.42. The molecule has 94 valence electrons. The maximum Gasteiger partial charge on any atom is 0.316 e. The molecule has 0 saturated carbocycles. The Hall–Kier alpha value is -1.20. The summed E-state index contributed by atoms with van der Waals surface area (Å²) in [6, 6.07) is 0.657. The molecule has 0 bridgehead atoms. The van der Waals surface area contributed by atoms with E-state index in [4.69, 9.17) is 9.47 Å². The molecular weight excluding hydrogens is 218 g/mol. The third-order valence-electron chi connectivity index (χ3n) is 3.17. The van der Waals surface area contributed by atoms with Gasteiger partial charge in [0.25, 0.3) is 0 Å². The van der Waals surface area contributed by atoms with E-state index in [9.17, 15) is 0 Å². The molecule has 0 amide bonds. The quantitative estimate of drug-likeness (QED) is 0.852. The van der Waals surface area contributed by atoms with Gasteiger partial charge in [-0.05, 0) is 19.9 Å². The van der Waals surface area contributed by atoms with Crippen molar-refractivity contribution in [1.82, 2.24) is 15.3 Å². The lowest BCUT2D eigenvalue weighted by Crippen LogP contribution is -2.31. The van der Waals surface area contributed by atoms with Crippen LogP contribution in [0.3, 0.4) is 0 Å². The Bertz CT molecular complexity index is 336. The minimum Gasteiger partial charge on any atom is -0.467 e. The highest BCUT2D eigenvalue weighted by Crippen LogP contribution is 2.28. The van der Waals surface area contributed by atoms with Crippen LogP contribution in [0.25, 0.3) is 0 Å². The topological polar surface area (TPSA) is 56.3 Å². The highest BCUT2D eigenvalue weighted by atomic mass is 16.5. The lowest BCUT2D eigenvalue weighted by molar-refractivity contribution is 0.0401. The summed E-state index contributed by atoms with van der Waals surface area (Å²) >= 11 is 0. The Labute approximate surface area is 102 Å². The van der Waals surface area contributed by atoms with Gasteiger partial charge in [-0.3, -0.25) is 0 Å². The van der Waals surface area contributed by atoms with Crippen molar-refractivity contribution in [2.45, 2.75) is 18.9 Å². The Balaban J connectivity index is 2.10. The van der Waals surface area contributed by atoms with Gasteiger partial charge in [-0.1, -0.05) is 0 Å². The number of hydrogen-bond acceptors (Lipinski definition) is 5. The second kappa shape index (κ2) is 5.93. The van der Waals surface area contributed by atoms with Gasteiger partial charge in [0.15, 0.2) is 0 Å². The fourth-order valence-corrected chi connectivity index (χ4v) is 2.30. The molecule has 0 radical (unpaired) electrons. The zero-order valence-corrected chi connectivity index (χ0v) is 10.3. The van der Waals surface area contributed by atoms with Crippen molar-refractivity contribution in [3.05, 3.63) is 18.0 Å². The van der Waals surface area contributed by atoms with Crippen LogP contribution < -0.4 is 10.1 Å². The van der Waals surface area contributed by atoms with E-state index in [-0.39, 0.29) is 6.04 Å². The molecule has 0 spiro atoms. The molecular formula is C12H19N3O2. The third kappa shape index (κ3) is 2.92. The van der Waals surface area contributed by atoms with E-state index in [2.05, 4.69) is 15.3 Å². The van der Waals surface area contributed by atoms with E-state index < -0.39 is 0 Å². The van der Waals surface area contributed by atoms with E-state index in [1.54, 1.807) is 7.11 Å². The minimum absolute atomic E-state index is 0.251. The summed E-state index contributed by atoms with van der Waals surface area (Å²) in [7, 11) is 3.53. The van der Waals surface area contributed by atoms with E-state index in [0.29, 0.717) is 11.9 Å². The predicted molar refractivity (Wildman–Crippen MR) is 63.9 cm³/mol. The van der Waals surface area contributed by atoms with Crippen LogP contribution in [-0.4, -0.2) is 37.3 Å². The SMILES string of the molecule is CNC(c1cnc(OC)nc1)C1CCCOC1. The monoisotopic (exact) mass is 237 g/mol. The van der Waals surface area contributed by atoms with Gasteiger partial charge in [0.05, 0.1) is 13.7 Å². The summed E-state index contributed by atoms with van der Waals surface area (Å²) < 4.78 is 10.5. The van der Waals surface area contributed by atoms with Crippen LogP contribution in [0, 0.1) is 5.92 Å². The molecule has 1 aromatic heterocycles. The first-order chi connectivity index (χ1) is 8.35. The molecule has 2 unspecified atom stereocenters. The molecule has 0 aromatic carbocycles. The Kier molecular flexibility index (Phi) is 4.28. The molecule has 2 atom stereocenters. The number of nitrogens with one attached hydrogen (secondary N) is 1. The molecule has 5 nitrogen and oxygen atoms in total. The summed E-state index contributed by atoms with van der Waals surface area (Å²) in [4.78, 5) is 8.29. The lowest BCUT2D eigenvalue weighted by atomic mass is 9.90. The second-order valence-electron chi connectivity index (χ2n) is 4.25. The van der Waals surface area contributed by atoms with Crippen LogP contribution in [0.5, 0.6) is 6.01 Å². The van der Waals surface area contributed by atoms with E-state index in [0.717, 1.165) is 25.2 Å². The fourth-order valence-electron chi connectivity index (χ4n) is 2.30. The molecule has 1 N–H and O–H groups in total. The Morgan fingerprint density at radius 1 is 1.47 bits per heavy atom. The number of ether oxygens (including phenoxy) is 2. The van der Waals surface area contributed by atoms with Gasteiger partial charge in [-0.25, -0.2) is 9.97 Å². The smallest absolute Gasteiger partial charge is 0.316 e. The first-order valence-electron chi connectivity index (χ1n) is 5.96. The average molecular weight is 237 g/mol. The van der Waals surface area contributed by atoms with Crippen molar-refractivity contribution in [3.8, 4) is 6.01 Å². The summed E-state index contributed by atoms with van der Waals surface area (Å²) in [5, 5.41) is 3.32. The summed E-state index contributed by atoms with van der Waals surface area (Å²) in [5.74, 6) is 0.491. The maximum atomic E-state index is 5.53. The van der Waals surface area contributed by atoms with E-state index in [1.165, 1.54) is 6.42 Å². The van der Waals surface area contributed by atoms with Gasteiger partial charge in [0.2, 0.25) is 0 Å². The van der Waals surface area contributed by atoms with Crippen molar-refractivity contribution < 1.29 is 9.47 Å². The standard InChI is InChI=1S/C12H19N3O2/c1-13-11(9-4-3-5-17-8-9)10-6-14-12(16-2)15-7-10/h6-7,9,11,13H,3-5,8H2,1-2H3. The first-order valence-corrected chi connectivity index (χ1v) is 5.96. The first kappa shape index (κ1) is 12.3. The van der Waals surface area contributed by atoms with Gasteiger partial charge < -0.3 is 14.8 Å². The van der Waals surface area contributed by atoms with Crippen LogP contribution in [0.15, 0.2) is 12.4 Å². The highest BCUT2D eigenvalue weighted by Gasteiger charge is 2.24. The normalized spacial score (nSPS) is 22.1. The van der Waals surface area contributed by atoms with Gasteiger partial charge >= 0.3 is 6.01 Å². The number of methoxy groups -OCH3 is 1. The van der Waals surface area contributed by atoms with E-state index >= 15 is 0 Å². The number of hydrogen-bond donors (Lipinski definition) is 1. The van der Waals surface area contributed by atoms with Crippen molar-refractivity contribution in [2.24, 2.45) is 5.92 Å². The predicted octanol–water partition coefficient (Wildman–Crippen LogP) is 1.17. The molecule has 1 aliphatic rings. The summed E-state index contributed by atoms with van der Waals surface area (Å²) in [5.41, 5.74) is 1.09. The molecule has 5 heteroatoms. The van der Waals surface area contributed by atoms with E-state index in [1.807, 2.05) is 19.4 Å². The molecule has 1 saturated heterocycles. The number of aromatic nitrogens is 2. The lowest BCUT2D eigenvalue weighted by Gasteiger charge is -2.29. The third-order valence-corrected chi connectivity index (χ3v) is 3.17. The zero-order valence-electron chi connectivity index (χ0n) is 10.3. The fraction of sp³-hybridized carbons (Fsp3) is 0.667. The second-order valence-corrected chi connectivity index (χ2v) is 4.25. The van der Waals surface area contributed by atoms with Crippen molar-refractivity contribution >= 4 is 0 Å².